The largest absolute Gasteiger partial charge is 0.393 e. The third-order valence-electron chi connectivity index (χ3n) is 2.90. The van der Waals surface area contributed by atoms with Gasteiger partial charge in [-0.3, -0.25) is 4.57 Å². The molecule has 20 heavy (non-hydrogen) atoms. The summed E-state index contributed by atoms with van der Waals surface area (Å²) >= 11 is 8.40. The molecule has 0 aliphatic carbocycles. The maximum Gasteiger partial charge on any atom is 0.138 e. The Balaban J connectivity index is 2.25. The molecule has 2 heterocycles. The van der Waals surface area contributed by atoms with Crippen molar-refractivity contribution in [1.82, 2.24) is 14.5 Å². The minimum absolute atomic E-state index is 0.415. The van der Waals surface area contributed by atoms with E-state index in [1.165, 1.54) is 0 Å². The number of pyridine rings is 1. The van der Waals surface area contributed by atoms with Crippen molar-refractivity contribution in [2.75, 3.05) is 0 Å². The average molecular weight is 347 g/mol. The van der Waals surface area contributed by atoms with Gasteiger partial charge in [0.2, 0.25) is 0 Å². The van der Waals surface area contributed by atoms with E-state index < -0.39 is 0 Å². The number of nitrogens with zero attached hydrogens (tertiary/aromatic N) is 3. The molecule has 6 heteroatoms. The fourth-order valence-electron chi connectivity index (χ4n) is 2.11. The van der Waals surface area contributed by atoms with Crippen molar-refractivity contribution in [3.8, 4) is 5.82 Å². The molecule has 4 nitrogen and oxygen atoms in total. The zero-order valence-electron chi connectivity index (χ0n) is 10.5. The van der Waals surface area contributed by atoms with Gasteiger partial charge >= 0.3 is 0 Å². The van der Waals surface area contributed by atoms with Crippen molar-refractivity contribution in [3.05, 3.63) is 52.9 Å². The van der Waals surface area contributed by atoms with Gasteiger partial charge in [-0.2, -0.15) is 0 Å². The van der Waals surface area contributed by atoms with E-state index in [2.05, 4.69) is 25.9 Å². The highest BCUT2D eigenvalue weighted by Gasteiger charge is 2.13. The van der Waals surface area contributed by atoms with Gasteiger partial charge in [-0.05, 0) is 40.2 Å². The third kappa shape index (κ3) is 2.44. The predicted molar refractivity (Wildman–Crippen MR) is 87.1 cm³/mol. The number of fused-ring (bicyclic) bond motifs is 1. The van der Waals surface area contributed by atoms with E-state index in [4.69, 9.17) is 18.0 Å². The molecule has 0 bridgehead atoms. The molecule has 0 saturated heterocycles. The summed E-state index contributed by atoms with van der Waals surface area (Å²) in [5, 5.41) is 0. The fraction of sp³-hybridized carbons (Fsp3) is 0.0714. The fourth-order valence-corrected chi connectivity index (χ4v) is 2.47. The standard InChI is InChI=1S/C14H11BrN4S/c15-9-5-6-13(17-8-9)19-11-4-2-1-3-10(11)18-14(19)7-12(16)20/h1-6,8H,7H2,(H2,16,20). The lowest BCUT2D eigenvalue weighted by Gasteiger charge is -2.07. The Hall–Kier alpha value is -1.79. The SMILES string of the molecule is NC(=S)Cc1nc2ccccc2n1-c1ccc(Br)cn1. The van der Waals surface area contributed by atoms with Crippen LogP contribution in [-0.4, -0.2) is 19.5 Å². The Bertz CT molecular complexity index is 779. The van der Waals surface area contributed by atoms with Gasteiger partial charge in [0.15, 0.2) is 0 Å². The number of rotatable bonds is 3. The number of thiocarbonyl (C=S) groups is 1. The summed E-state index contributed by atoms with van der Waals surface area (Å²) in [5.74, 6) is 1.60. The average Bonchev–Trinajstić information content (AvgIpc) is 2.77. The van der Waals surface area contributed by atoms with E-state index >= 15 is 0 Å². The van der Waals surface area contributed by atoms with Crippen LogP contribution in [0.1, 0.15) is 5.82 Å². The van der Waals surface area contributed by atoms with Gasteiger partial charge in [-0.25, -0.2) is 9.97 Å². The van der Waals surface area contributed by atoms with E-state index in [9.17, 15) is 0 Å². The van der Waals surface area contributed by atoms with Crippen LogP contribution in [0, 0.1) is 0 Å². The van der Waals surface area contributed by atoms with Crippen LogP contribution in [0.2, 0.25) is 0 Å². The van der Waals surface area contributed by atoms with Crippen LogP contribution in [0.3, 0.4) is 0 Å². The zero-order valence-corrected chi connectivity index (χ0v) is 12.9. The van der Waals surface area contributed by atoms with Crippen LogP contribution in [0.15, 0.2) is 47.1 Å². The Kier molecular flexibility index (Phi) is 3.50. The molecular weight excluding hydrogens is 336 g/mol. The first-order valence-electron chi connectivity index (χ1n) is 6.02. The highest BCUT2D eigenvalue weighted by atomic mass is 79.9. The lowest BCUT2D eigenvalue weighted by Crippen LogP contribution is -2.15. The number of hydrogen-bond acceptors (Lipinski definition) is 3. The molecule has 0 saturated carbocycles. The summed E-state index contributed by atoms with van der Waals surface area (Å²) in [6.45, 7) is 0. The van der Waals surface area contributed by atoms with Crippen molar-refractivity contribution in [2.24, 2.45) is 5.73 Å². The summed E-state index contributed by atoms with van der Waals surface area (Å²) in [5.41, 5.74) is 7.57. The Morgan fingerprint density at radius 1 is 1.25 bits per heavy atom. The number of benzene rings is 1. The zero-order chi connectivity index (χ0) is 14.1. The molecule has 100 valence electrons. The van der Waals surface area contributed by atoms with Crippen LogP contribution < -0.4 is 5.73 Å². The maximum atomic E-state index is 5.67. The molecule has 0 radical (unpaired) electrons. The molecule has 1 aromatic carbocycles. The van der Waals surface area contributed by atoms with Gasteiger partial charge < -0.3 is 5.73 Å². The molecule has 0 atom stereocenters. The molecule has 0 spiro atoms. The number of imidazole rings is 1. The van der Waals surface area contributed by atoms with Crippen LogP contribution in [0.5, 0.6) is 0 Å². The molecule has 2 N–H and O–H groups in total. The van der Waals surface area contributed by atoms with Crippen molar-refractivity contribution in [2.45, 2.75) is 6.42 Å². The van der Waals surface area contributed by atoms with E-state index in [1.807, 2.05) is 41.0 Å². The molecule has 3 rings (SSSR count). The molecule has 0 fully saturated rings. The van der Waals surface area contributed by atoms with Gasteiger partial charge in [0.05, 0.1) is 22.4 Å². The second kappa shape index (κ2) is 5.30. The quantitative estimate of drug-likeness (QED) is 0.740. The predicted octanol–water partition coefficient (Wildman–Crippen LogP) is 3.01. The molecule has 0 amide bonds. The molecule has 0 aliphatic heterocycles. The van der Waals surface area contributed by atoms with Crippen LogP contribution in [0.4, 0.5) is 0 Å². The maximum absolute atomic E-state index is 5.67. The highest BCUT2D eigenvalue weighted by molar-refractivity contribution is 9.10. The third-order valence-corrected chi connectivity index (χ3v) is 3.52. The van der Waals surface area contributed by atoms with Crippen molar-refractivity contribution < 1.29 is 0 Å². The van der Waals surface area contributed by atoms with E-state index in [-0.39, 0.29) is 0 Å². The first-order valence-corrected chi connectivity index (χ1v) is 7.22. The van der Waals surface area contributed by atoms with Crippen LogP contribution in [0.25, 0.3) is 16.9 Å². The van der Waals surface area contributed by atoms with Gasteiger partial charge in [0.25, 0.3) is 0 Å². The highest BCUT2D eigenvalue weighted by Crippen LogP contribution is 2.21. The van der Waals surface area contributed by atoms with Crippen molar-refractivity contribution in [3.63, 3.8) is 0 Å². The lowest BCUT2D eigenvalue weighted by atomic mass is 10.3. The number of hydrogen-bond donors (Lipinski definition) is 1. The number of halogens is 1. The molecule has 0 unspecified atom stereocenters. The number of nitrogens with two attached hydrogens (primary N) is 1. The van der Waals surface area contributed by atoms with Crippen molar-refractivity contribution in [1.29, 1.82) is 0 Å². The van der Waals surface area contributed by atoms with Gasteiger partial charge in [0.1, 0.15) is 11.6 Å². The molecule has 0 aliphatic rings. The van der Waals surface area contributed by atoms with Gasteiger partial charge in [0, 0.05) is 10.7 Å². The second-order valence-electron chi connectivity index (χ2n) is 4.33. The molecular formula is C14H11BrN4S. The van der Waals surface area contributed by atoms with Gasteiger partial charge in [-0.15, -0.1) is 0 Å². The Labute approximate surface area is 129 Å². The summed E-state index contributed by atoms with van der Waals surface area (Å²) < 4.78 is 2.92. The minimum Gasteiger partial charge on any atom is -0.393 e. The first kappa shape index (κ1) is 13.2. The Morgan fingerprint density at radius 2 is 2.05 bits per heavy atom. The topological polar surface area (TPSA) is 56.7 Å². The van der Waals surface area contributed by atoms with Crippen LogP contribution >= 0.6 is 28.1 Å². The van der Waals surface area contributed by atoms with Crippen LogP contribution in [-0.2, 0) is 6.42 Å². The molecule has 3 aromatic rings. The number of para-hydroxylation sites is 2. The van der Waals surface area contributed by atoms with E-state index in [0.717, 1.165) is 27.1 Å². The summed E-state index contributed by atoms with van der Waals surface area (Å²) in [6.07, 6.45) is 2.20. The van der Waals surface area contributed by atoms with E-state index in [0.29, 0.717) is 11.4 Å². The molecule has 2 aromatic heterocycles. The first-order chi connectivity index (χ1) is 9.65. The summed E-state index contributed by atoms with van der Waals surface area (Å²) in [7, 11) is 0. The smallest absolute Gasteiger partial charge is 0.138 e. The van der Waals surface area contributed by atoms with Gasteiger partial charge in [-0.1, -0.05) is 24.4 Å². The summed E-state index contributed by atoms with van der Waals surface area (Å²) in [6, 6.07) is 11.8. The van der Waals surface area contributed by atoms with Crippen molar-refractivity contribution >= 4 is 44.2 Å². The normalized spacial score (nSPS) is 10.8. The monoisotopic (exact) mass is 346 g/mol. The second-order valence-corrected chi connectivity index (χ2v) is 5.77. The van der Waals surface area contributed by atoms with E-state index in [1.54, 1.807) is 6.20 Å². The summed E-state index contributed by atoms with van der Waals surface area (Å²) in [4.78, 5) is 9.44. The Morgan fingerprint density at radius 3 is 2.75 bits per heavy atom. The minimum atomic E-state index is 0.415. The number of aromatic nitrogens is 3. The lowest BCUT2D eigenvalue weighted by molar-refractivity contribution is 0.931.